The molecule has 0 aliphatic heterocycles. The van der Waals surface area contributed by atoms with E-state index < -0.39 is 0 Å². The Morgan fingerprint density at radius 3 is 2.67 bits per heavy atom. The van der Waals surface area contributed by atoms with Crippen LogP contribution in [0.5, 0.6) is 0 Å². The van der Waals surface area contributed by atoms with Gasteiger partial charge in [-0.25, -0.2) is 0 Å². The molecule has 1 amide bonds. The van der Waals surface area contributed by atoms with Crippen molar-refractivity contribution in [3.8, 4) is 0 Å². The lowest BCUT2D eigenvalue weighted by Crippen LogP contribution is -2.44. The van der Waals surface area contributed by atoms with Crippen LogP contribution in [0.2, 0.25) is 0 Å². The summed E-state index contributed by atoms with van der Waals surface area (Å²) in [5, 5.41) is 11.0. The Morgan fingerprint density at radius 1 is 1.19 bits per heavy atom. The Bertz CT molecular complexity index is 492. The molecule has 0 spiro atoms. The third kappa shape index (κ3) is 2.97. The van der Waals surface area contributed by atoms with Crippen molar-refractivity contribution in [3.63, 3.8) is 0 Å². The fraction of sp³-hybridized carbons (Fsp3) is 0.812. The number of H-pyrrole nitrogens is 1. The number of carbonyl (C=O) groups is 1. The van der Waals surface area contributed by atoms with Gasteiger partial charge in [0.1, 0.15) is 0 Å². The predicted molar refractivity (Wildman–Crippen MR) is 80.7 cm³/mol. The first-order valence-electron chi connectivity index (χ1n) is 8.32. The summed E-state index contributed by atoms with van der Waals surface area (Å²) >= 11 is 0. The van der Waals surface area contributed by atoms with Crippen molar-refractivity contribution in [2.45, 2.75) is 64.3 Å². The second-order valence-corrected chi connectivity index (χ2v) is 6.74. The van der Waals surface area contributed by atoms with E-state index in [-0.39, 0.29) is 5.92 Å². The number of aromatic nitrogens is 3. The Balaban J connectivity index is 1.62. The zero-order valence-corrected chi connectivity index (χ0v) is 13.1. The summed E-state index contributed by atoms with van der Waals surface area (Å²) in [6, 6.07) is 0.358. The average Bonchev–Trinajstić information content (AvgIpc) is 3.01. The van der Waals surface area contributed by atoms with Crippen LogP contribution < -0.4 is 0 Å². The minimum Gasteiger partial charge on any atom is -0.343 e. The van der Waals surface area contributed by atoms with Gasteiger partial charge in [-0.05, 0) is 38.5 Å². The van der Waals surface area contributed by atoms with Crippen LogP contribution >= 0.6 is 0 Å². The number of hydrogen-bond donors (Lipinski definition) is 1. The number of rotatable bonds is 3. The summed E-state index contributed by atoms with van der Waals surface area (Å²) in [5.41, 5.74) is 2.03. The van der Waals surface area contributed by atoms with Gasteiger partial charge in [-0.2, -0.15) is 15.4 Å². The number of hydrogen-bond acceptors (Lipinski definition) is 3. The van der Waals surface area contributed by atoms with Gasteiger partial charge in [-0.15, -0.1) is 0 Å². The molecule has 1 fully saturated rings. The highest BCUT2D eigenvalue weighted by Crippen LogP contribution is 2.30. The van der Waals surface area contributed by atoms with Crippen molar-refractivity contribution in [2.24, 2.45) is 11.8 Å². The van der Waals surface area contributed by atoms with Crippen molar-refractivity contribution in [3.05, 3.63) is 11.4 Å². The molecule has 5 nitrogen and oxygen atoms in total. The quantitative estimate of drug-likeness (QED) is 0.929. The SMILES string of the molecule is C[C@@H](C1CCCCC1)N(C)C(=O)[C@H]1CCc2n[nH]nc2C1. The van der Waals surface area contributed by atoms with Crippen LogP contribution in [0.1, 0.15) is 56.8 Å². The van der Waals surface area contributed by atoms with Crippen LogP contribution in [0, 0.1) is 11.8 Å². The van der Waals surface area contributed by atoms with E-state index >= 15 is 0 Å². The molecule has 2 aliphatic carbocycles. The summed E-state index contributed by atoms with van der Waals surface area (Å²) in [4.78, 5) is 14.8. The number of nitrogens with zero attached hydrogens (tertiary/aromatic N) is 3. The standard InChI is InChI=1S/C16H26N4O/c1-11(12-6-4-3-5-7-12)20(2)16(21)13-8-9-14-15(10-13)18-19-17-14/h11-13H,3-10H2,1-2H3,(H,17,18,19)/t11-,13-/m0/s1. The Labute approximate surface area is 126 Å². The van der Waals surface area contributed by atoms with Crippen LogP contribution in [0.3, 0.4) is 0 Å². The van der Waals surface area contributed by atoms with Gasteiger partial charge in [-0.3, -0.25) is 4.79 Å². The number of nitrogens with one attached hydrogen (secondary N) is 1. The van der Waals surface area contributed by atoms with E-state index in [1.165, 1.54) is 32.1 Å². The molecule has 2 atom stereocenters. The molecular formula is C16H26N4O. The van der Waals surface area contributed by atoms with E-state index in [9.17, 15) is 4.79 Å². The molecule has 0 saturated heterocycles. The zero-order valence-electron chi connectivity index (χ0n) is 13.1. The molecular weight excluding hydrogens is 264 g/mol. The largest absolute Gasteiger partial charge is 0.343 e. The lowest BCUT2D eigenvalue weighted by molar-refractivity contribution is -0.137. The molecule has 0 radical (unpaired) electrons. The Hall–Kier alpha value is -1.39. The molecule has 116 valence electrons. The van der Waals surface area contributed by atoms with Gasteiger partial charge in [0.05, 0.1) is 11.4 Å². The Morgan fingerprint density at radius 2 is 1.90 bits per heavy atom. The lowest BCUT2D eigenvalue weighted by atomic mass is 9.83. The van der Waals surface area contributed by atoms with Gasteiger partial charge < -0.3 is 4.90 Å². The molecule has 1 saturated carbocycles. The van der Waals surface area contributed by atoms with E-state index in [1.54, 1.807) is 0 Å². The number of amides is 1. The summed E-state index contributed by atoms with van der Waals surface area (Å²) in [7, 11) is 1.99. The number of fused-ring (bicyclic) bond motifs is 1. The third-order valence-electron chi connectivity index (χ3n) is 5.51. The van der Waals surface area contributed by atoms with Crippen LogP contribution in [-0.4, -0.2) is 39.3 Å². The van der Waals surface area contributed by atoms with Crippen LogP contribution in [-0.2, 0) is 17.6 Å². The first-order valence-corrected chi connectivity index (χ1v) is 8.32. The van der Waals surface area contributed by atoms with Gasteiger partial charge in [0.2, 0.25) is 5.91 Å². The van der Waals surface area contributed by atoms with Crippen molar-refractivity contribution in [2.75, 3.05) is 7.05 Å². The van der Waals surface area contributed by atoms with E-state index in [0.29, 0.717) is 17.9 Å². The van der Waals surface area contributed by atoms with E-state index in [4.69, 9.17) is 0 Å². The second kappa shape index (κ2) is 6.16. The summed E-state index contributed by atoms with van der Waals surface area (Å²) < 4.78 is 0. The topological polar surface area (TPSA) is 61.9 Å². The number of aromatic amines is 1. The highest BCUT2D eigenvalue weighted by atomic mass is 16.2. The summed E-state index contributed by atoms with van der Waals surface area (Å²) in [6.07, 6.45) is 9.07. The van der Waals surface area contributed by atoms with Gasteiger partial charge in [0, 0.05) is 25.4 Å². The van der Waals surface area contributed by atoms with Gasteiger partial charge in [0.15, 0.2) is 0 Å². The number of carbonyl (C=O) groups excluding carboxylic acids is 1. The molecule has 3 rings (SSSR count). The monoisotopic (exact) mass is 290 g/mol. The van der Waals surface area contributed by atoms with Crippen LogP contribution in [0.25, 0.3) is 0 Å². The highest BCUT2D eigenvalue weighted by Gasteiger charge is 2.33. The van der Waals surface area contributed by atoms with Gasteiger partial charge in [0.25, 0.3) is 0 Å². The number of aryl methyl sites for hydroxylation is 1. The molecule has 1 aromatic rings. The minimum atomic E-state index is 0.0821. The summed E-state index contributed by atoms with van der Waals surface area (Å²) in [5.74, 6) is 1.05. The molecule has 5 heteroatoms. The van der Waals surface area contributed by atoms with Crippen LogP contribution in [0.15, 0.2) is 0 Å². The zero-order chi connectivity index (χ0) is 14.8. The van der Waals surface area contributed by atoms with Crippen molar-refractivity contribution in [1.29, 1.82) is 0 Å². The fourth-order valence-corrected chi connectivity index (χ4v) is 3.92. The molecule has 0 bridgehead atoms. The third-order valence-corrected chi connectivity index (χ3v) is 5.51. The first-order chi connectivity index (χ1) is 10.2. The molecule has 0 aromatic carbocycles. The first kappa shape index (κ1) is 14.5. The molecule has 2 aliphatic rings. The summed E-state index contributed by atoms with van der Waals surface area (Å²) in [6.45, 7) is 2.22. The molecule has 1 heterocycles. The molecule has 21 heavy (non-hydrogen) atoms. The van der Waals surface area contributed by atoms with E-state index in [0.717, 1.165) is 30.7 Å². The van der Waals surface area contributed by atoms with Gasteiger partial charge in [-0.1, -0.05) is 19.3 Å². The Kier molecular flexibility index (Phi) is 4.27. The van der Waals surface area contributed by atoms with E-state index in [2.05, 4.69) is 22.3 Å². The maximum Gasteiger partial charge on any atom is 0.226 e. The molecule has 1 aromatic heterocycles. The van der Waals surface area contributed by atoms with E-state index in [1.807, 2.05) is 11.9 Å². The maximum absolute atomic E-state index is 12.8. The van der Waals surface area contributed by atoms with Crippen molar-refractivity contribution >= 4 is 5.91 Å². The van der Waals surface area contributed by atoms with Crippen molar-refractivity contribution in [1.82, 2.24) is 20.3 Å². The van der Waals surface area contributed by atoms with Crippen molar-refractivity contribution < 1.29 is 4.79 Å². The lowest BCUT2D eigenvalue weighted by Gasteiger charge is -2.36. The molecule has 1 N–H and O–H groups in total. The normalized spacial score (nSPS) is 24.4. The maximum atomic E-state index is 12.8. The molecule has 0 unspecified atom stereocenters. The predicted octanol–water partition coefficient (Wildman–Crippen LogP) is 2.34. The van der Waals surface area contributed by atoms with Gasteiger partial charge >= 0.3 is 0 Å². The minimum absolute atomic E-state index is 0.0821. The smallest absolute Gasteiger partial charge is 0.226 e. The second-order valence-electron chi connectivity index (χ2n) is 6.74. The highest BCUT2D eigenvalue weighted by molar-refractivity contribution is 5.79. The van der Waals surface area contributed by atoms with Crippen LogP contribution in [0.4, 0.5) is 0 Å². The fourth-order valence-electron chi connectivity index (χ4n) is 3.92. The average molecular weight is 290 g/mol.